The van der Waals surface area contributed by atoms with E-state index < -0.39 is 0 Å². The van der Waals surface area contributed by atoms with E-state index in [1.165, 1.54) is 18.4 Å². The quantitative estimate of drug-likeness (QED) is 0.719. The van der Waals surface area contributed by atoms with Crippen LogP contribution in [0.15, 0.2) is 57.9 Å². The first-order valence-electron chi connectivity index (χ1n) is 4.46. The second kappa shape index (κ2) is 3.92. The van der Waals surface area contributed by atoms with Crippen LogP contribution in [0.5, 0.6) is 0 Å². The molecule has 0 atom stereocenters. The van der Waals surface area contributed by atoms with E-state index in [-0.39, 0.29) is 5.43 Å². The number of rotatable bonds is 2. The van der Waals surface area contributed by atoms with Gasteiger partial charge in [-0.25, -0.2) is 0 Å². The van der Waals surface area contributed by atoms with Gasteiger partial charge in [-0.1, -0.05) is 30.3 Å². The van der Waals surface area contributed by atoms with Crippen LogP contribution < -0.4 is 5.43 Å². The van der Waals surface area contributed by atoms with Crippen LogP contribution in [0.2, 0.25) is 0 Å². The highest BCUT2D eigenvalue weighted by Crippen LogP contribution is 2.06. The molecule has 2 heteroatoms. The molecule has 0 aliphatic carbocycles. The Bertz CT molecular complexity index is 457. The Morgan fingerprint density at radius 3 is 2.57 bits per heavy atom. The van der Waals surface area contributed by atoms with Crippen LogP contribution in [0, 0.1) is 0 Å². The van der Waals surface area contributed by atoms with Crippen molar-refractivity contribution in [2.24, 2.45) is 0 Å². The van der Waals surface area contributed by atoms with Gasteiger partial charge in [0, 0.05) is 18.6 Å². The van der Waals surface area contributed by atoms with E-state index in [9.17, 15) is 4.79 Å². The van der Waals surface area contributed by atoms with E-state index in [4.69, 9.17) is 4.42 Å². The van der Waals surface area contributed by atoms with Gasteiger partial charge in [0.2, 0.25) is 0 Å². The fourth-order valence-corrected chi connectivity index (χ4v) is 1.32. The van der Waals surface area contributed by atoms with E-state index >= 15 is 0 Å². The fraction of sp³-hybridized carbons (Fsp3) is 0.0833. The summed E-state index contributed by atoms with van der Waals surface area (Å²) in [7, 11) is 0. The molecular formula is C12H10O2. The molecule has 1 heterocycles. The third-order valence-corrected chi connectivity index (χ3v) is 1.98. The Balaban J connectivity index is 2.24. The third kappa shape index (κ3) is 2.10. The zero-order chi connectivity index (χ0) is 9.80. The zero-order valence-corrected chi connectivity index (χ0v) is 7.64. The van der Waals surface area contributed by atoms with Crippen molar-refractivity contribution < 1.29 is 4.42 Å². The summed E-state index contributed by atoms with van der Waals surface area (Å²) in [6, 6.07) is 12.8. The summed E-state index contributed by atoms with van der Waals surface area (Å²) in [5.74, 6) is 0.698. The summed E-state index contributed by atoms with van der Waals surface area (Å²) in [5, 5.41) is 0. The van der Waals surface area contributed by atoms with Gasteiger partial charge in [-0.3, -0.25) is 4.79 Å². The molecule has 2 aromatic rings. The molecule has 0 saturated heterocycles. The highest BCUT2D eigenvalue weighted by molar-refractivity contribution is 5.20. The molecule has 2 nitrogen and oxygen atoms in total. The summed E-state index contributed by atoms with van der Waals surface area (Å²) < 4.78 is 5.21. The summed E-state index contributed by atoms with van der Waals surface area (Å²) in [4.78, 5) is 11.0. The molecule has 0 amide bonds. The summed E-state index contributed by atoms with van der Waals surface area (Å²) in [6.45, 7) is 0. The van der Waals surface area contributed by atoms with Crippen LogP contribution in [0.4, 0.5) is 0 Å². The van der Waals surface area contributed by atoms with Crippen LogP contribution >= 0.6 is 0 Å². The second-order valence-corrected chi connectivity index (χ2v) is 3.10. The minimum atomic E-state index is -0.0119. The van der Waals surface area contributed by atoms with Crippen molar-refractivity contribution in [1.29, 1.82) is 0 Å². The largest absolute Gasteiger partial charge is 0.469 e. The van der Waals surface area contributed by atoms with Crippen LogP contribution in [0.25, 0.3) is 0 Å². The van der Waals surface area contributed by atoms with Crippen molar-refractivity contribution in [3.63, 3.8) is 0 Å². The zero-order valence-electron chi connectivity index (χ0n) is 7.64. The first-order chi connectivity index (χ1) is 6.84. The fourth-order valence-electron chi connectivity index (χ4n) is 1.32. The summed E-state index contributed by atoms with van der Waals surface area (Å²) in [6.07, 6.45) is 2.09. The van der Waals surface area contributed by atoms with E-state index in [0.29, 0.717) is 12.2 Å². The minimum Gasteiger partial charge on any atom is -0.469 e. The molecule has 0 aliphatic heterocycles. The summed E-state index contributed by atoms with van der Waals surface area (Å²) >= 11 is 0. The van der Waals surface area contributed by atoms with Gasteiger partial charge in [-0.15, -0.1) is 0 Å². The van der Waals surface area contributed by atoms with Crippen molar-refractivity contribution in [1.82, 2.24) is 0 Å². The molecule has 0 spiro atoms. The monoisotopic (exact) mass is 186 g/mol. The highest BCUT2D eigenvalue weighted by atomic mass is 16.3. The molecule has 0 radical (unpaired) electrons. The van der Waals surface area contributed by atoms with Gasteiger partial charge in [0.25, 0.3) is 0 Å². The molecule has 0 fully saturated rings. The average Bonchev–Trinajstić information content (AvgIpc) is 2.19. The first-order valence-corrected chi connectivity index (χ1v) is 4.46. The van der Waals surface area contributed by atoms with Gasteiger partial charge in [0.15, 0.2) is 5.43 Å². The van der Waals surface area contributed by atoms with Gasteiger partial charge < -0.3 is 4.42 Å². The van der Waals surface area contributed by atoms with Crippen molar-refractivity contribution >= 4 is 0 Å². The lowest BCUT2D eigenvalue weighted by molar-refractivity contribution is 0.501. The van der Waals surface area contributed by atoms with Crippen LogP contribution in [-0.2, 0) is 6.42 Å². The maximum atomic E-state index is 11.0. The molecule has 2 rings (SSSR count). The van der Waals surface area contributed by atoms with Crippen LogP contribution in [0.3, 0.4) is 0 Å². The standard InChI is InChI=1S/C12H10O2/c13-11-6-7-14-12(9-11)8-10-4-2-1-3-5-10/h1-7,9H,8H2. The number of hydrogen-bond donors (Lipinski definition) is 0. The molecule has 0 saturated carbocycles. The first kappa shape index (κ1) is 8.75. The Morgan fingerprint density at radius 1 is 1.07 bits per heavy atom. The Labute approximate surface area is 81.8 Å². The van der Waals surface area contributed by atoms with Gasteiger partial charge in [-0.2, -0.15) is 0 Å². The molecule has 0 unspecified atom stereocenters. The van der Waals surface area contributed by atoms with Crippen molar-refractivity contribution in [2.75, 3.05) is 0 Å². The lowest BCUT2D eigenvalue weighted by Gasteiger charge is -1.98. The van der Waals surface area contributed by atoms with Gasteiger partial charge in [0.1, 0.15) is 5.76 Å². The predicted molar refractivity (Wildman–Crippen MR) is 54.2 cm³/mol. The molecule has 1 aromatic heterocycles. The third-order valence-electron chi connectivity index (χ3n) is 1.98. The Kier molecular flexibility index (Phi) is 2.45. The van der Waals surface area contributed by atoms with E-state index in [2.05, 4.69) is 0 Å². The van der Waals surface area contributed by atoms with Crippen molar-refractivity contribution in [3.05, 3.63) is 70.3 Å². The van der Waals surface area contributed by atoms with E-state index in [1.54, 1.807) is 0 Å². The lowest BCUT2D eigenvalue weighted by atomic mass is 10.1. The topological polar surface area (TPSA) is 30.2 Å². The van der Waals surface area contributed by atoms with Crippen LogP contribution in [0.1, 0.15) is 11.3 Å². The number of hydrogen-bond acceptors (Lipinski definition) is 2. The second-order valence-electron chi connectivity index (χ2n) is 3.10. The maximum Gasteiger partial charge on any atom is 0.185 e. The van der Waals surface area contributed by atoms with Crippen molar-refractivity contribution in [2.45, 2.75) is 6.42 Å². The van der Waals surface area contributed by atoms with Gasteiger partial charge >= 0.3 is 0 Å². The van der Waals surface area contributed by atoms with Crippen molar-refractivity contribution in [3.8, 4) is 0 Å². The Hall–Kier alpha value is -1.83. The lowest BCUT2D eigenvalue weighted by Crippen LogP contribution is -1.98. The molecule has 0 bridgehead atoms. The van der Waals surface area contributed by atoms with Crippen LogP contribution in [-0.4, -0.2) is 0 Å². The average molecular weight is 186 g/mol. The SMILES string of the molecule is O=c1ccoc(Cc2ccccc2)c1. The normalized spacial score (nSPS) is 10.0. The van der Waals surface area contributed by atoms with Gasteiger partial charge in [0.05, 0.1) is 6.26 Å². The highest BCUT2D eigenvalue weighted by Gasteiger charge is 1.97. The molecule has 14 heavy (non-hydrogen) atoms. The molecule has 0 aliphatic rings. The number of benzene rings is 1. The van der Waals surface area contributed by atoms with E-state index in [1.807, 2.05) is 30.3 Å². The molecule has 0 N–H and O–H groups in total. The Morgan fingerprint density at radius 2 is 1.86 bits per heavy atom. The minimum absolute atomic E-state index is 0.0119. The maximum absolute atomic E-state index is 11.0. The molecule has 1 aromatic carbocycles. The molecule has 70 valence electrons. The predicted octanol–water partition coefficient (Wildman–Crippen LogP) is 2.23. The van der Waals surface area contributed by atoms with E-state index in [0.717, 1.165) is 5.56 Å². The summed E-state index contributed by atoms with van der Waals surface area (Å²) in [5.41, 5.74) is 1.13. The molecular weight excluding hydrogens is 176 g/mol. The van der Waals surface area contributed by atoms with Gasteiger partial charge in [-0.05, 0) is 5.56 Å². The smallest absolute Gasteiger partial charge is 0.185 e.